The molecule has 1 saturated carbocycles. The van der Waals surface area contributed by atoms with E-state index in [2.05, 4.69) is 19.8 Å². The van der Waals surface area contributed by atoms with Crippen LogP contribution in [0.5, 0.6) is 0 Å². The molecule has 1 unspecified atom stereocenters. The summed E-state index contributed by atoms with van der Waals surface area (Å²) in [6, 6.07) is -1.69. The Hall–Kier alpha value is -1.80. The molecule has 12 nitrogen and oxygen atoms in total. The second kappa shape index (κ2) is 5.85. The summed E-state index contributed by atoms with van der Waals surface area (Å²) in [6.45, 7) is 0.465. The maximum Gasteiger partial charge on any atom is 0.418 e. The number of urea groups is 1. The van der Waals surface area contributed by atoms with E-state index in [9.17, 15) is 18.3 Å². The van der Waals surface area contributed by atoms with E-state index in [-0.39, 0.29) is 30.3 Å². The lowest BCUT2D eigenvalue weighted by Crippen LogP contribution is -2.43. The zero-order valence-corrected chi connectivity index (χ0v) is 14.7. The van der Waals surface area contributed by atoms with Crippen LogP contribution in [-0.2, 0) is 14.7 Å². The molecule has 3 aliphatic rings. The molecule has 0 aromatic carbocycles. The van der Waals surface area contributed by atoms with Gasteiger partial charge < -0.3 is 19.7 Å². The first-order chi connectivity index (χ1) is 12.2. The Morgan fingerprint density at radius 1 is 1.46 bits per heavy atom. The van der Waals surface area contributed by atoms with Crippen molar-refractivity contribution in [2.45, 2.75) is 37.5 Å². The average molecular weight is 389 g/mol. The predicted molar refractivity (Wildman–Crippen MR) is 82.6 cm³/mol. The molecule has 2 saturated heterocycles. The highest BCUT2D eigenvalue weighted by molar-refractivity contribution is 7.80. The monoisotopic (exact) mass is 389 g/mol. The first-order valence-electron chi connectivity index (χ1n) is 8.17. The minimum atomic E-state index is -4.81. The lowest BCUT2D eigenvalue weighted by Gasteiger charge is -2.34. The van der Waals surface area contributed by atoms with Gasteiger partial charge in [-0.2, -0.15) is 13.5 Å². The highest BCUT2D eigenvalue weighted by Gasteiger charge is 2.64. The average Bonchev–Trinajstić information content (AvgIpc) is 3.05. The number of aromatic nitrogens is 2. The quantitative estimate of drug-likeness (QED) is 0.536. The van der Waals surface area contributed by atoms with Crippen LogP contribution in [0.2, 0.25) is 0 Å². The van der Waals surface area contributed by atoms with E-state index in [0.29, 0.717) is 6.42 Å². The number of carbonyl (C=O) groups is 1. The van der Waals surface area contributed by atoms with Crippen LogP contribution in [0.25, 0.3) is 0 Å². The van der Waals surface area contributed by atoms with Gasteiger partial charge in [-0.05, 0) is 31.7 Å². The molecule has 2 amide bonds. The molecular weight excluding hydrogens is 370 g/mol. The fraction of sp³-hybridized carbons (Fsp3) is 0.769. The van der Waals surface area contributed by atoms with Crippen LogP contribution in [0, 0.1) is 5.41 Å². The normalized spacial score (nSPS) is 28.0. The number of piperidine rings is 1. The largest absolute Gasteiger partial charge is 0.420 e. The number of hydroxylamine groups is 2. The van der Waals surface area contributed by atoms with Gasteiger partial charge in [0.25, 0.3) is 0 Å². The van der Waals surface area contributed by atoms with Gasteiger partial charge in [0, 0.05) is 13.1 Å². The van der Waals surface area contributed by atoms with E-state index in [1.165, 1.54) is 4.90 Å². The molecule has 3 atom stereocenters. The van der Waals surface area contributed by atoms with Crippen molar-refractivity contribution in [1.29, 1.82) is 0 Å². The smallest absolute Gasteiger partial charge is 0.418 e. The van der Waals surface area contributed by atoms with Crippen LogP contribution in [0.4, 0.5) is 4.79 Å². The van der Waals surface area contributed by atoms with Gasteiger partial charge >= 0.3 is 16.4 Å². The van der Waals surface area contributed by atoms with Crippen molar-refractivity contribution in [2.75, 3.05) is 20.1 Å². The van der Waals surface area contributed by atoms with E-state index in [1.807, 2.05) is 0 Å². The van der Waals surface area contributed by atoms with Crippen molar-refractivity contribution >= 4 is 16.4 Å². The second-order valence-electron chi connectivity index (χ2n) is 6.91. The predicted octanol–water partition coefficient (Wildman–Crippen LogP) is -0.612. The van der Waals surface area contributed by atoms with Gasteiger partial charge in [-0.1, -0.05) is 0 Å². The highest BCUT2D eigenvalue weighted by atomic mass is 32.3. The van der Waals surface area contributed by atoms with Gasteiger partial charge in [-0.25, -0.2) is 4.79 Å². The molecular formula is C13H19N5O7S. The van der Waals surface area contributed by atoms with E-state index in [1.54, 1.807) is 7.05 Å². The zero-order chi connectivity index (χ0) is 18.7. The Morgan fingerprint density at radius 2 is 2.19 bits per heavy atom. The van der Waals surface area contributed by atoms with Crippen molar-refractivity contribution in [3.63, 3.8) is 0 Å². The maximum absolute atomic E-state index is 12.6. The standard InChI is InChI=1S/C13H19N5O7S/c1-14-5-8(19)11-16-15-10(24-11)7-4-13(2-3-13)9-6-17(7)12(20)18(9)25-26(21,22)23/h7-9,14,19H,2-6H2,1H3,(H,21,22,23)/t7-,8?,9-/m0/s1. The van der Waals surface area contributed by atoms with Crippen LogP contribution in [0.1, 0.15) is 43.2 Å². The van der Waals surface area contributed by atoms with Crippen molar-refractivity contribution in [3.8, 4) is 0 Å². The molecule has 1 aromatic rings. The van der Waals surface area contributed by atoms with E-state index < -0.39 is 34.6 Å². The molecule has 3 N–H and O–H groups in total. The summed E-state index contributed by atoms with van der Waals surface area (Å²) < 4.78 is 41.2. The molecule has 1 aliphatic carbocycles. The third-order valence-corrected chi connectivity index (χ3v) is 5.61. The number of aliphatic hydroxyl groups excluding tert-OH is 1. The molecule has 2 aliphatic heterocycles. The summed E-state index contributed by atoms with van der Waals surface area (Å²) in [5.74, 6) is 0.223. The maximum atomic E-state index is 12.6. The fourth-order valence-electron chi connectivity index (χ4n) is 3.83. The lowest BCUT2D eigenvalue weighted by atomic mass is 9.85. The molecule has 3 fully saturated rings. The summed E-state index contributed by atoms with van der Waals surface area (Å²) in [7, 11) is -3.14. The Balaban J connectivity index is 1.61. The second-order valence-corrected chi connectivity index (χ2v) is 7.92. The molecule has 0 radical (unpaired) electrons. The number of carbonyl (C=O) groups excluding carboxylic acids is 1. The van der Waals surface area contributed by atoms with E-state index >= 15 is 0 Å². The molecule has 4 rings (SSSR count). The van der Waals surface area contributed by atoms with Crippen molar-refractivity contribution in [1.82, 2.24) is 25.5 Å². The Kier molecular flexibility index (Phi) is 3.96. The number of hydrogen-bond acceptors (Lipinski definition) is 9. The van der Waals surface area contributed by atoms with Crippen LogP contribution in [0.3, 0.4) is 0 Å². The first kappa shape index (κ1) is 17.6. The lowest BCUT2D eigenvalue weighted by molar-refractivity contribution is -0.0530. The van der Waals surface area contributed by atoms with Crippen LogP contribution >= 0.6 is 0 Å². The summed E-state index contributed by atoms with van der Waals surface area (Å²) in [4.78, 5) is 14.0. The summed E-state index contributed by atoms with van der Waals surface area (Å²) >= 11 is 0. The van der Waals surface area contributed by atoms with Crippen molar-refractivity contribution < 1.29 is 31.6 Å². The van der Waals surface area contributed by atoms with E-state index in [4.69, 9.17) is 8.97 Å². The fourth-order valence-corrected chi connectivity index (χ4v) is 4.20. The Bertz CT molecular complexity index is 823. The Labute approximate surface area is 149 Å². The van der Waals surface area contributed by atoms with Gasteiger partial charge in [-0.15, -0.1) is 14.5 Å². The van der Waals surface area contributed by atoms with Gasteiger partial charge in [0.15, 0.2) is 0 Å². The minimum absolute atomic E-state index is 0.0407. The summed E-state index contributed by atoms with van der Waals surface area (Å²) in [5, 5.41) is 21.3. The molecule has 13 heteroatoms. The third-order valence-electron chi connectivity index (χ3n) is 5.26. The summed E-state index contributed by atoms with van der Waals surface area (Å²) in [5.41, 5.74) is -0.309. The molecule has 1 aromatic heterocycles. The van der Waals surface area contributed by atoms with Crippen molar-refractivity contribution in [3.05, 3.63) is 11.8 Å². The van der Waals surface area contributed by atoms with Crippen molar-refractivity contribution in [2.24, 2.45) is 5.41 Å². The number of aliphatic hydroxyl groups is 1. The number of rotatable bonds is 6. The molecule has 1 spiro atoms. The number of nitrogens with one attached hydrogen (secondary N) is 1. The minimum Gasteiger partial charge on any atom is -0.420 e. The highest BCUT2D eigenvalue weighted by Crippen LogP contribution is 2.61. The van der Waals surface area contributed by atoms with Gasteiger partial charge in [0.2, 0.25) is 11.8 Å². The van der Waals surface area contributed by atoms with Crippen LogP contribution in [0.15, 0.2) is 4.42 Å². The molecule has 144 valence electrons. The van der Waals surface area contributed by atoms with Gasteiger partial charge in [0.05, 0.1) is 6.04 Å². The first-order valence-corrected chi connectivity index (χ1v) is 9.53. The van der Waals surface area contributed by atoms with Gasteiger partial charge in [0.1, 0.15) is 12.1 Å². The van der Waals surface area contributed by atoms with Crippen LogP contribution in [-0.4, -0.2) is 70.4 Å². The SMILES string of the molecule is CNCC(O)c1nnc([C@@H]2CC3(CC3)[C@@H]3CN2C(=O)N3OS(=O)(=O)O)o1. The Morgan fingerprint density at radius 3 is 2.81 bits per heavy atom. The molecule has 2 bridgehead atoms. The number of fused-ring (bicyclic) bond motifs is 3. The molecule has 26 heavy (non-hydrogen) atoms. The number of nitrogens with zero attached hydrogens (tertiary/aromatic N) is 4. The molecule has 3 heterocycles. The van der Waals surface area contributed by atoms with Crippen LogP contribution < -0.4 is 5.32 Å². The topological polar surface area (TPSA) is 158 Å². The number of amides is 2. The van der Waals surface area contributed by atoms with E-state index in [0.717, 1.165) is 17.9 Å². The third kappa shape index (κ3) is 2.85. The number of likely N-dealkylation sites (N-methyl/N-ethyl adjacent to an activating group) is 1. The summed E-state index contributed by atoms with van der Waals surface area (Å²) in [6.07, 6.45) is 1.13. The number of hydrogen-bond donors (Lipinski definition) is 3. The van der Waals surface area contributed by atoms with Gasteiger partial charge in [-0.3, -0.25) is 4.55 Å². The zero-order valence-electron chi connectivity index (χ0n) is 13.9.